The van der Waals surface area contributed by atoms with Crippen molar-refractivity contribution < 1.29 is 32.6 Å². The van der Waals surface area contributed by atoms with Crippen molar-refractivity contribution in [2.75, 3.05) is 56.7 Å². The number of ether oxygens (including phenoxy) is 1. The normalized spacial score (nSPS) is 16.6. The fourth-order valence-electron chi connectivity index (χ4n) is 4.13. The molecule has 2 aromatic rings. The van der Waals surface area contributed by atoms with Gasteiger partial charge in [0.25, 0.3) is 0 Å². The van der Waals surface area contributed by atoms with E-state index in [1.54, 1.807) is 24.3 Å². The van der Waals surface area contributed by atoms with Crippen LogP contribution in [0, 0.1) is 0 Å². The van der Waals surface area contributed by atoms with E-state index in [-0.39, 0.29) is 23.4 Å². The molecule has 0 aliphatic carbocycles. The van der Waals surface area contributed by atoms with Gasteiger partial charge in [0.15, 0.2) is 5.78 Å². The van der Waals surface area contributed by atoms with Crippen molar-refractivity contribution in [3.63, 3.8) is 0 Å². The maximum atomic E-state index is 13.7. The lowest BCUT2D eigenvalue weighted by Gasteiger charge is -2.36. The second-order valence-corrected chi connectivity index (χ2v) is 8.64. The zero-order chi connectivity index (χ0) is 25.8. The second kappa shape index (κ2) is 11.2. The lowest BCUT2D eigenvalue weighted by atomic mass is 9.96. The zero-order valence-corrected chi connectivity index (χ0v) is 20.0. The van der Waals surface area contributed by atoms with Gasteiger partial charge in [0.05, 0.1) is 18.3 Å². The van der Waals surface area contributed by atoms with Gasteiger partial charge in [0.2, 0.25) is 0 Å². The highest BCUT2D eigenvalue weighted by Gasteiger charge is 2.45. The van der Waals surface area contributed by atoms with Crippen LogP contribution in [-0.2, 0) is 9.53 Å². The summed E-state index contributed by atoms with van der Waals surface area (Å²) >= 11 is 0. The summed E-state index contributed by atoms with van der Waals surface area (Å²) in [5.74, 6) is -2.78. The van der Waals surface area contributed by atoms with Crippen LogP contribution < -0.4 is 9.80 Å². The predicted molar refractivity (Wildman–Crippen MR) is 127 cm³/mol. The molecule has 2 aromatic carbocycles. The number of hydrogen-bond donors (Lipinski definition) is 1. The fraction of sp³-hybridized carbons (Fsp3) is 0.440. The van der Waals surface area contributed by atoms with E-state index >= 15 is 0 Å². The average Bonchev–Trinajstić information content (AvgIpc) is 2.84. The number of carbonyl (C=O) groups is 2. The number of methoxy groups -OCH3 is 1. The van der Waals surface area contributed by atoms with Gasteiger partial charge < -0.3 is 19.6 Å². The standard InChI is InChI=1S/C25H30F3N3O4/c1-17(16-35-3)31(24(34)25(26,27)28)21-15-19(30-13-11-29(2)12-14-30)9-10-20(21)23(33)22(32)18-7-5-4-6-8-18/h4-10,15,17,23,33H,11-14,16H2,1-3H3/t17-,23?/m0/s1. The number of benzene rings is 2. The van der Waals surface area contributed by atoms with E-state index in [0.717, 1.165) is 13.1 Å². The summed E-state index contributed by atoms with van der Waals surface area (Å²) in [5, 5.41) is 11.0. The molecule has 1 saturated heterocycles. The van der Waals surface area contributed by atoms with Crippen LogP contribution in [0.2, 0.25) is 0 Å². The number of aliphatic hydroxyl groups excluding tert-OH is 1. The van der Waals surface area contributed by atoms with Crippen molar-refractivity contribution in [1.82, 2.24) is 4.90 Å². The molecule has 190 valence electrons. The van der Waals surface area contributed by atoms with Crippen molar-refractivity contribution in [2.24, 2.45) is 0 Å². The summed E-state index contributed by atoms with van der Waals surface area (Å²) in [6, 6.07) is 11.5. The number of hydrogen-bond acceptors (Lipinski definition) is 6. The van der Waals surface area contributed by atoms with Crippen molar-refractivity contribution in [3.8, 4) is 0 Å². The summed E-state index contributed by atoms with van der Waals surface area (Å²) in [5.41, 5.74) is 0.538. The van der Waals surface area contributed by atoms with E-state index < -0.39 is 30.0 Å². The number of Topliss-reactive ketones (excluding diaryl/α,β-unsaturated/α-hetero) is 1. The molecule has 0 radical (unpaired) electrons. The number of ketones is 1. The molecule has 0 aromatic heterocycles. The number of nitrogens with zero attached hydrogens (tertiary/aromatic N) is 3. The minimum atomic E-state index is -5.17. The van der Waals surface area contributed by atoms with Crippen molar-refractivity contribution in [2.45, 2.75) is 25.2 Å². The summed E-state index contributed by atoms with van der Waals surface area (Å²) < 4.78 is 46.0. The van der Waals surface area contributed by atoms with Crippen molar-refractivity contribution >= 4 is 23.1 Å². The van der Waals surface area contributed by atoms with Gasteiger partial charge in [-0.3, -0.25) is 14.5 Å². The number of halogens is 3. The van der Waals surface area contributed by atoms with Gasteiger partial charge in [-0.15, -0.1) is 0 Å². The molecule has 0 spiro atoms. The molecule has 10 heteroatoms. The van der Waals surface area contributed by atoms with Crippen LogP contribution in [0.4, 0.5) is 24.5 Å². The molecule has 1 N–H and O–H groups in total. The first-order valence-electron chi connectivity index (χ1n) is 11.3. The van der Waals surface area contributed by atoms with Gasteiger partial charge in [-0.05, 0) is 26.1 Å². The van der Waals surface area contributed by atoms with E-state index in [2.05, 4.69) is 4.90 Å². The van der Waals surface area contributed by atoms with E-state index in [9.17, 15) is 27.9 Å². The summed E-state index contributed by atoms with van der Waals surface area (Å²) in [6.45, 7) is 4.05. The SMILES string of the molecule is COC[C@H](C)N(C(=O)C(F)(F)F)c1cc(N2CCN(C)CC2)ccc1C(O)C(=O)c1ccccc1. The molecule has 2 atom stereocenters. The molecule has 1 amide bonds. The number of amides is 1. The van der Waals surface area contributed by atoms with Gasteiger partial charge in [-0.25, -0.2) is 0 Å². The molecule has 3 rings (SSSR count). The van der Waals surface area contributed by atoms with E-state index in [1.165, 1.54) is 38.3 Å². The number of rotatable bonds is 8. The summed E-state index contributed by atoms with van der Waals surface area (Å²) in [6.07, 6.45) is -6.94. The Labute approximate surface area is 202 Å². The predicted octanol–water partition coefficient (Wildman–Crippen LogP) is 3.28. The molecule has 35 heavy (non-hydrogen) atoms. The Bertz CT molecular complexity index is 1020. The average molecular weight is 494 g/mol. The number of anilines is 2. The molecule has 1 fully saturated rings. The smallest absolute Gasteiger partial charge is 0.383 e. The number of piperazine rings is 1. The Balaban J connectivity index is 2.13. The Morgan fingerprint density at radius 2 is 1.71 bits per heavy atom. The van der Waals surface area contributed by atoms with E-state index in [4.69, 9.17) is 4.74 Å². The number of alkyl halides is 3. The lowest BCUT2D eigenvalue weighted by molar-refractivity contribution is -0.171. The molecule has 0 bridgehead atoms. The van der Waals surface area contributed by atoms with Crippen LogP contribution in [0.25, 0.3) is 0 Å². The van der Waals surface area contributed by atoms with Crippen LogP contribution in [0.1, 0.15) is 28.9 Å². The monoisotopic (exact) mass is 493 g/mol. The molecular weight excluding hydrogens is 463 g/mol. The Kier molecular flexibility index (Phi) is 8.52. The third-order valence-electron chi connectivity index (χ3n) is 6.05. The molecule has 1 aliphatic heterocycles. The Morgan fingerprint density at radius 1 is 1.09 bits per heavy atom. The first-order chi connectivity index (χ1) is 16.5. The van der Waals surface area contributed by atoms with Crippen LogP contribution in [0.5, 0.6) is 0 Å². The first kappa shape index (κ1) is 26.7. The van der Waals surface area contributed by atoms with E-state index in [0.29, 0.717) is 23.7 Å². The second-order valence-electron chi connectivity index (χ2n) is 8.64. The molecular formula is C25H30F3N3O4. The highest BCUT2D eigenvalue weighted by atomic mass is 19.4. The Morgan fingerprint density at radius 3 is 2.29 bits per heavy atom. The van der Waals surface area contributed by atoms with Gasteiger partial charge in [-0.2, -0.15) is 13.2 Å². The first-order valence-corrected chi connectivity index (χ1v) is 11.3. The molecule has 1 heterocycles. The number of carbonyl (C=O) groups excluding carboxylic acids is 2. The van der Waals surface area contributed by atoms with Crippen molar-refractivity contribution in [3.05, 3.63) is 59.7 Å². The van der Waals surface area contributed by atoms with Crippen LogP contribution in [0.3, 0.4) is 0 Å². The van der Waals surface area contributed by atoms with Crippen molar-refractivity contribution in [1.29, 1.82) is 0 Å². The molecule has 1 unspecified atom stereocenters. The Hall–Kier alpha value is -2.95. The van der Waals surface area contributed by atoms with Gasteiger partial charge in [0.1, 0.15) is 6.10 Å². The molecule has 7 nitrogen and oxygen atoms in total. The molecule has 0 saturated carbocycles. The van der Waals surface area contributed by atoms with Crippen LogP contribution >= 0.6 is 0 Å². The van der Waals surface area contributed by atoms with Gasteiger partial charge in [-0.1, -0.05) is 36.4 Å². The minimum Gasteiger partial charge on any atom is -0.383 e. The highest BCUT2D eigenvalue weighted by molar-refractivity contribution is 6.03. The minimum absolute atomic E-state index is 0.0858. The summed E-state index contributed by atoms with van der Waals surface area (Å²) in [7, 11) is 3.30. The third-order valence-corrected chi connectivity index (χ3v) is 6.05. The number of likely N-dealkylation sites (N-methyl/N-ethyl adjacent to an activating group) is 1. The maximum Gasteiger partial charge on any atom is 0.471 e. The molecule has 1 aliphatic rings. The lowest BCUT2D eigenvalue weighted by Crippen LogP contribution is -2.49. The van der Waals surface area contributed by atoms with Crippen LogP contribution in [0.15, 0.2) is 48.5 Å². The highest BCUT2D eigenvalue weighted by Crippen LogP contribution is 2.36. The van der Waals surface area contributed by atoms with E-state index in [1.807, 2.05) is 11.9 Å². The quantitative estimate of drug-likeness (QED) is 0.569. The zero-order valence-electron chi connectivity index (χ0n) is 20.0. The van der Waals surface area contributed by atoms with Gasteiger partial charge in [0, 0.05) is 50.1 Å². The number of aliphatic hydroxyl groups is 1. The van der Waals surface area contributed by atoms with Crippen LogP contribution in [-0.4, -0.2) is 80.9 Å². The summed E-state index contributed by atoms with van der Waals surface area (Å²) in [4.78, 5) is 30.3. The largest absolute Gasteiger partial charge is 0.471 e. The van der Waals surface area contributed by atoms with Gasteiger partial charge >= 0.3 is 12.1 Å². The fourth-order valence-corrected chi connectivity index (χ4v) is 4.13. The topological polar surface area (TPSA) is 73.3 Å². The maximum absolute atomic E-state index is 13.7. The third kappa shape index (κ3) is 6.19.